The maximum absolute atomic E-state index is 12.2. The van der Waals surface area contributed by atoms with Gasteiger partial charge >= 0.3 is 5.97 Å². The molecule has 8 heteroatoms. The van der Waals surface area contributed by atoms with E-state index >= 15 is 0 Å². The maximum atomic E-state index is 12.2. The van der Waals surface area contributed by atoms with E-state index in [1.807, 2.05) is 0 Å². The van der Waals surface area contributed by atoms with Crippen LogP contribution in [0.4, 0.5) is 0 Å². The number of carboxylic acid groups (broad SMARTS) is 1. The minimum Gasteiger partial charge on any atom is -0.479 e. The molecular formula is C14H13N3O5. The van der Waals surface area contributed by atoms with Gasteiger partial charge < -0.3 is 19.7 Å². The predicted molar refractivity (Wildman–Crippen MR) is 73.0 cm³/mol. The molecule has 3 heterocycles. The highest BCUT2D eigenvalue weighted by Crippen LogP contribution is 2.22. The molecule has 22 heavy (non-hydrogen) atoms. The van der Waals surface area contributed by atoms with Crippen LogP contribution in [0.3, 0.4) is 0 Å². The van der Waals surface area contributed by atoms with E-state index in [1.54, 1.807) is 24.5 Å². The van der Waals surface area contributed by atoms with Gasteiger partial charge in [0.05, 0.1) is 6.61 Å². The topological polar surface area (TPSA) is 115 Å². The summed E-state index contributed by atoms with van der Waals surface area (Å²) >= 11 is 0. The molecule has 1 aliphatic rings. The number of nitrogens with zero attached hydrogens (tertiary/aromatic N) is 2. The average Bonchev–Trinajstić information content (AvgIpc) is 3.18. The van der Waals surface area contributed by atoms with Gasteiger partial charge in [0, 0.05) is 37.1 Å². The van der Waals surface area contributed by atoms with Crippen molar-refractivity contribution < 1.29 is 24.0 Å². The van der Waals surface area contributed by atoms with Crippen molar-refractivity contribution >= 4 is 11.9 Å². The van der Waals surface area contributed by atoms with Gasteiger partial charge in [0.15, 0.2) is 17.0 Å². The van der Waals surface area contributed by atoms with E-state index in [2.05, 4.69) is 15.5 Å². The molecule has 8 nitrogen and oxygen atoms in total. The predicted octanol–water partition coefficient (Wildman–Crippen LogP) is 0.710. The lowest BCUT2D eigenvalue weighted by atomic mass is 9.99. The van der Waals surface area contributed by atoms with Crippen LogP contribution in [0.25, 0.3) is 11.3 Å². The fourth-order valence-electron chi connectivity index (χ4n) is 2.19. The number of aromatic nitrogens is 2. The van der Waals surface area contributed by atoms with Gasteiger partial charge in [-0.25, -0.2) is 4.79 Å². The van der Waals surface area contributed by atoms with Crippen molar-refractivity contribution in [2.75, 3.05) is 13.2 Å². The molecule has 1 fully saturated rings. The lowest BCUT2D eigenvalue weighted by molar-refractivity contribution is -0.144. The van der Waals surface area contributed by atoms with Crippen LogP contribution >= 0.6 is 0 Å². The number of nitrogens with one attached hydrogen (secondary N) is 1. The van der Waals surface area contributed by atoms with Crippen LogP contribution in [0.1, 0.15) is 16.9 Å². The molecule has 0 aliphatic carbocycles. The van der Waals surface area contributed by atoms with E-state index in [4.69, 9.17) is 9.26 Å². The third kappa shape index (κ3) is 2.56. The van der Waals surface area contributed by atoms with E-state index in [1.165, 1.54) is 6.07 Å². The lowest BCUT2D eigenvalue weighted by Crippen LogP contribution is -2.55. The molecule has 1 atom stereocenters. The summed E-state index contributed by atoms with van der Waals surface area (Å²) in [5.74, 6) is -1.37. The highest BCUT2D eigenvalue weighted by molar-refractivity contribution is 5.97. The van der Waals surface area contributed by atoms with Crippen LogP contribution in [-0.2, 0) is 9.53 Å². The zero-order valence-electron chi connectivity index (χ0n) is 11.5. The SMILES string of the molecule is O=C(NC1(C(=O)O)CCOC1)c1cc(-c2cccnc2)on1. The summed E-state index contributed by atoms with van der Waals surface area (Å²) in [4.78, 5) is 27.5. The van der Waals surface area contributed by atoms with Crippen LogP contribution in [0, 0.1) is 0 Å². The Balaban J connectivity index is 1.79. The summed E-state index contributed by atoms with van der Waals surface area (Å²) in [5.41, 5.74) is -0.734. The molecule has 0 radical (unpaired) electrons. The third-order valence-electron chi connectivity index (χ3n) is 3.47. The van der Waals surface area contributed by atoms with E-state index < -0.39 is 17.4 Å². The van der Waals surface area contributed by atoms with E-state index in [-0.39, 0.29) is 25.3 Å². The zero-order valence-corrected chi connectivity index (χ0v) is 11.5. The summed E-state index contributed by atoms with van der Waals surface area (Å²) < 4.78 is 10.2. The van der Waals surface area contributed by atoms with Crippen molar-refractivity contribution in [2.45, 2.75) is 12.0 Å². The number of rotatable bonds is 4. The van der Waals surface area contributed by atoms with Crippen molar-refractivity contribution in [3.8, 4) is 11.3 Å². The van der Waals surface area contributed by atoms with Gasteiger partial charge in [0.1, 0.15) is 0 Å². The lowest BCUT2D eigenvalue weighted by Gasteiger charge is -2.22. The number of carbonyl (C=O) groups is 2. The summed E-state index contributed by atoms with van der Waals surface area (Å²) in [6.07, 6.45) is 3.40. The van der Waals surface area contributed by atoms with Gasteiger partial charge in [-0.3, -0.25) is 9.78 Å². The second-order valence-corrected chi connectivity index (χ2v) is 4.96. The molecule has 2 N–H and O–H groups in total. The molecule has 114 valence electrons. The molecule has 1 amide bonds. The number of ether oxygens (including phenoxy) is 1. The molecule has 1 unspecified atom stereocenters. The molecule has 0 spiro atoms. The van der Waals surface area contributed by atoms with Gasteiger partial charge in [-0.1, -0.05) is 5.16 Å². The Morgan fingerprint density at radius 2 is 2.27 bits per heavy atom. The highest BCUT2D eigenvalue weighted by Gasteiger charge is 2.44. The minimum atomic E-state index is -1.41. The van der Waals surface area contributed by atoms with Gasteiger partial charge in [-0.05, 0) is 12.1 Å². The average molecular weight is 303 g/mol. The van der Waals surface area contributed by atoms with Crippen molar-refractivity contribution in [1.29, 1.82) is 0 Å². The van der Waals surface area contributed by atoms with Gasteiger partial charge in [-0.15, -0.1) is 0 Å². The minimum absolute atomic E-state index is 0.00591. The Labute approximate surface area is 125 Å². The van der Waals surface area contributed by atoms with Crippen LogP contribution in [0.5, 0.6) is 0 Å². The first-order chi connectivity index (χ1) is 10.6. The molecule has 3 rings (SSSR count). The molecule has 1 saturated heterocycles. The Morgan fingerprint density at radius 1 is 1.41 bits per heavy atom. The first-order valence-corrected chi connectivity index (χ1v) is 6.61. The largest absolute Gasteiger partial charge is 0.479 e. The number of amides is 1. The van der Waals surface area contributed by atoms with Crippen LogP contribution in [-0.4, -0.2) is 45.9 Å². The maximum Gasteiger partial charge on any atom is 0.331 e. The summed E-state index contributed by atoms with van der Waals surface area (Å²) in [7, 11) is 0. The third-order valence-corrected chi connectivity index (χ3v) is 3.47. The molecule has 0 bridgehead atoms. The van der Waals surface area contributed by atoms with Crippen LogP contribution in [0.2, 0.25) is 0 Å². The van der Waals surface area contributed by atoms with Crippen molar-refractivity contribution in [1.82, 2.24) is 15.5 Å². The van der Waals surface area contributed by atoms with Gasteiger partial charge in [0.25, 0.3) is 5.91 Å². The van der Waals surface area contributed by atoms with E-state index in [0.717, 1.165) is 0 Å². The Kier molecular flexibility index (Phi) is 3.60. The summed E-state index contributed by atoms with van der Waals surface area (Å²) in [5, 5.41) is 15.4. The first kappa shape index (κ1) is 14.2. The summed E-state index contributed by atoms with van der Waals surface area (Å²) in [6, 6.07) is 4.93. The first-order valence-electron chi connectivity index (χ1n) is 6.61. The number of aliphatic carboxylic acids is 1. The quantitative estimate of drug-likeness (QED) is 0.854. The van der Waals surface area contributed by atoms with Gasteiger partial charge in [0.2, 0.25) is 0 Å². The van der Waals surface area contributed by atoms with Crippen molar-refractivity contribution in [3.05, 3.63) is 36.3 Å². The second-order valence-electron chi connectivity index (χ2n) is 4.96. The highest BCUT2D eigenvalue weighted by atomic mass is 16.5. The molecule has 2 aromatic heterocycles. The molecule has 0 saturated carbocycles. The molecule has 0 aromatic carbocycles. The fraction of sp³-hybridized carbons (Fsp3) is 0.286. The number of carbonyl (C=O) groups excluding carboxylic acids is 1. The van der Waals surface area contributed by atoms with Crippen molar-refractivity contribution in [2.24, 2.45) is 0 Å². The monoisotopic (exact) mass is 303 g/mol. The van der Waals surface area contributed by atoms with Crippen molar-refractivity contribution in [3.63, 3.8) is 0 Å². The molecule has 1 aliphatic heterocycles. The van der Waals surface area contributed by atoms with Gasteiger partial charge in [-0.2, -0.15) is 0 Å². The zero-order chi connectivity index (χ0) is 15.6. The Morgan fingerprint density at radius 3 is 2.91 bits per heavy atom. The number of pyridine rings is 1. The standard InChI is InChI=1S/C14H13N3O5/c18-12(16-14(13(19)20)3-5-21-8-14)10-6-11(22-17-10)9-2-1-4-15-7-9/h1-2,4,6-7H,3,5,8H2,(H,16,18)(H,19,20). The number of carboxylic acids is 1. The number of hydrogen-bond donors (Lipinski definition) is 2. The smallest absolute Gasteiger partial charge is 0.331 e. The van der Waals surface area contributed by atoms with Crippen LogP contribution in [0.15, 0.2) is 35.1 Å². The Bertz CT molecular complexity index is 692. The second kappa shape index (κ2) is 5.57. The molecule has 2 aromatic rings. The van der Waals surface area contributed by atoms with E-state index in [0.29, 0.717) is 11.3 Å². The number of hydrogen-bond acceptors (Lipinski definition) is 6. The normalized spacial score (nSPS) is 20.7. The van der Waals surface area contributed by atoms with E-state index in [9.17, 15) is 14.7 Å². The Hall–Kier alpha value is -2.74. The van der Waals surface area contributed by atoms with Crippen LogP contribution < -0.4 is 5.32 Å². The summed E-state index contributed by atoms with van der Waals surface area (Å²) in [6.45, 7) is 0.216. The molecular weight excluding hydrogens is 290 g/mol. The fourth-order valence-corrected chi connectivity index (χ4v) is 2.19.